The molecule has 42 heavy (non-hydrogen) atoms. The van der Waals surface area contributed by atoms with Crippen LogP contribution in [0.15, 0.2) is 97.1 Å². The van der Waals surface area contributed by atoms with Gasteiger partial charge in [-0.25, -0.2) is 0 Å². The summed E-state index contributed by atoms with van der Waals surface area (Å²) in [7, 11) is 3.12. The van der Waals surface area contributed by atoms with Crippen LogP contribution < -0.4 is 14.4 Å². The minimum Gasteiger partial charge on any atom is -0.497 e. The Labute approximate surface area is 244 Å². The molecule has 3 atom stereocenters. The van der Waals surface area contributed by atoms with E-state index in [0.29, 0.717) is 33.8 Å². The zero-order valence-electron chi connectivity index (χ0n) is 23.5. The molecule has 0 saturated carbocycles. The van der Waals surface area contributed by atoms with Crippen LogP contribution in [0.1, 0.15) is 53.7 Å². The van der Waals surface area contributed by atoms with Gasteiger partial charge in [-0.3, -0.25) is 14.4 Å². The summed E-state index contributed by atoms with van der Waals surface area (Å²) in [6.07, 6.45) is 3.91. The Hall–Kier alpha value is -4.97. The minimum absolute atomic E-state index is 0.168. The summed E-state index contributed by atoms with van der Waals surface area (Å²) in [6.45, 7) is 2.02. The van der Waals surface area contributed by atoms with Crippen LogP contribution in [0.4, 0.5) is 5.69 Å². The fraction of sp³-hybridized carbons (Fsp3) is 0.194. The Kier molecular flexibility index (Phi) is 5.91. The number of Topliss-reactive ketones (excluding diaryl/α,β-unsaturated/α-hetero) is 3. The van der Waals surface area contributed by atoms with Crippen molar-refractivity contribution < 1.29 is 23.9 Å². The van der Waals surface area contributed by atoms with E-state index >= 15 is 0 Å². The van der Waals surface area contributed by atoms with E-state index in [1.807, 2.05) is 60.4 Å². The van der Waals surface area contributed by atoms with Crippen molar-refractivity contribution in [1.29, 1.82) is 0 Å². The summed E-state index contributed by atoms with van der Waals surface area (Å²) < 4.78 is 11.4. The second-order valence-corrected chi connectivity index (χ2v) is 11.1. The molecule has 0 unspecified atom stereocenters. The molecule has 1 spiro atoms. The molecule has 6 heteroatoms. The fourth-order valence-corrected chi connectivity index (χ4v) is 7.29. The number of hydrogen-bond donors (Lipinski definition) is 0. The van der Waals surface area contributed by atoms with E-state index in [-0.39, 0.29) is 17.3 Å². The largest absolute Gasteiger partial charge is 0.497 e. The number of ketones is 3. The topological polar surface area (TPSA) is 72.9 Å². The molecule has 6 nitrogen and oxygen atoms in total. The van der Waals surface area contributed by atoms with Gasteiger partial charge in [0.2, 0.25) is 0 Å². The van der Waals surface area contributed by atoms with Crippen molar-refractivity contribution in [3.8, 4) is 11.5 Å². The molecule has 2 aliphatic heterocycles. The highest BCUT2D eigenvalue weighted by atomic mass is 16.5. The van der Waals surface area contributed by atoms with E-state index in [2.05, 4.69) is 6.07 Å². The Bertz CT molecular complexity index is 1770. The van der Waals surface area contributed by atoms with Gasteiger partial charge >= 0.3 is 0 Å². The molecule has 3 aliphatic rings. The van der Waals surface area contributed by atoms with Crippen LogP contribution in [0.25, 0.3) is 6.08 Å². The lowest BCUT2D eigenvalue weighted by atomic mass is 9.64. The number of carbonyl (C=O) groups excluding carboxylic acids is 3. The van der Waals surface area contributed by atoms with Crippen molar-refractivity contribution in [2.75, 3.05) is 19.1 Å². The standard InChI is InChI=1S/C36H29NO5/c1-21-13-17-28-23(19-21)14-18-30-36(34(39)25-11-7-8-12-26(25)35(36)40)31(27-16-15-24(41-2)20-29(27)42-3)32(37(28)30)33(38)22-9-5-4-6-10-22/h4-20,30-32H,1-3H3/t30-,31+,32-/m1/s1. The first kappa shape index (κ1) is 26.0. The molecule has 7 rings (SSSR count). The summed E-state index contributed by atoms with van der Waals surface area (Å²) >= 11 is 0. The normalized spacial score (nSPS) is 21.2. The maximum absolute atomic E-state index is 14.8. The van der Waals surface area contributed by atoms with E-state index in [1.165, 1.54) is 0 Å². The first-order valence-corrected chi connectivity index (χ1v) is 14.0. The molecule has 0 N–H and O–H groups in total. The van der Waals surface area contributed by atoms with Crippen molar-refractivity contribution >= 4 is 29.1 Å². The molecule has 1 fully saturated rings. The summed E-state index contributed by atoms with van der Waals surface area (Å²) in [6, 6.07) is 25.9. The average molecular weight is 556 g/mol. The van der Waals surface area contributed by atoms with Crippen LogP contribution >= 0.6 is 0 Å². The molecule has 2 heterocycles. The Morgan fingerprint density at radius 2 is 1.50 bits per heavy atom. The lowest BCUT2D eigenvalue weighted by molar-refractivity contribution is 0.0665. The molecular formula is C36H29NO5. The van der Waals surface area contributed by atoms with Gasteiger partial charge in [-0.05, 0) is 30.7 Å². The lowest BCUT2D eigenvalue weighted by Gasteiger charge is -2.37. The predicted octanol–water partition coefficient (Wildman–Crippen LogP) is 6.33. The van der Waals surface area contributed by atoms with Gasteiger partial charge in [0, 0.05) is 39.9 Å². The number of fused-ring (bicyclic) bond motifs is 5. The number of carbonyl (C=O) groups is 3. The molecule has 0 radical (unpaired) electrons. The minimum atomic E-state index is -1.60. The Morgan fingerprint density at radius 3 is 2.17 bits per heavy atom. The molecule has 1 aliphatic carbocycles. The maximum atomic E-state index is 14.8. The van der Waals surface area contributed by atoms with Crippen LogP contribution in [-0.2, 0) is 0 Å². The third-order valence-electron chi connectivity index (χ3n) is 9.06. The molecule has 4 aromatic rings. The van der Waals surface area contributed by atoms with Crippen LogP contribution in [0, 0.1) is 12.3 Å². The van der Waals surface area contributed by atoms with Crippen LogP contribution in [0.3, 0.4) is 0 Å². The number of anilines is 1. The lowest BCUT2D eigenvalue weighted by Crippen LogP contribution is -2.48. The third-order valence-corrected chi connectivity index (χ3v) is 9.06. The number of methoxy groups -OCH3 is 2. The van der Waals surface area contributed by atoms with E-state index in [1.54, 1.807) is 62.8 Å². The monoisotopic (exact) mass is 555 g/mol. The van der Waals surface area contributed by atoms with Gasteiger partial charge in [0.1, 0.15) is 23.0 Å². The number of rotatable bonds is 5. The average Bonchev–Trinajstić information content (AvgIpc) is 3.46. The molecule has 1 saturated heterocycles. The summed E-state index contributed by atoms with van der Waals surface area (Å²) in [5, 5.41) is 0. The predicted molar refractivity (Wildman–Crippen MR) is 161 cm³/mol. The van der Waals surface area contributed by atoms with E-state index < -0.39 is 23.4 Å². The molecule has 0 bridgehead atoms. The maximum Gasteiger partial charge on any atom is 0.185 e. The van der Waals surface area contributed by atoms with E-state index in [4.69, 9.17) is 9.47 Å². The van der Waals surface area contributed by atoms with Gasteiger partial charge in [-0.2, -0.15) is 0 Å². The van der Waals surface area contributed by atoms with Crippen LogP contribution in [0.2, 0.25) is 0 Å². The number of nitrogens with zero attached hydrogens (tertiary/aromatic N) is 1. The molecular weight excluding hydrogens is 526 g/mol. The van der Waals surface area contributed by atoms with Crippen molar-refractivity contribution in [2.24, 2.45) is 5.41 Å². The smallest absolute Gasteiger partial charge is 0.185 e. The summed E-state index contributed by atoms with van der Waals surface area (Å²) in [5.41, 5.74) is 3.11. The van der Waals surface area contributed by atoms with E-state index in [9.17, 15) is 14.4 Å². The number of hydrogen-bond acceptors (Lipinski definition) is 6. The number of aryl methyl sites for hydroxylation is 1. The molecule has 0 aromatic heterocycles. The number of benzene rings is 4. The van der Waals surface area contributed by atoms with Gasteiger partial charge in [0.15, 0.2) is 17.3 Å². The molecule has 0 amide bonds. The molecule has 208 valence electrons. The second-order valence-electron chi connectivity index (χ2n) is 11.1. The van der Waals surface area contributed by atoms with E-state index in [0.717, 1.165) is 16.8 Å². The van der Waals surface area contributed by atoms with Crippen molar-refractivity contribution in [1.82, 2.24) is 0 Å². The second kappa shape index (κ2) is 9.55. The van der Waals surface area contributed by atoms with Crippen LogP contribution in [-0.4, -0.2) is 43.7 Å². The zero-order chi connectivity index (χ0) is 29.2. The first-order valence-electron chi connectivity index (χ1n) is 14.0. The van der Waals surface area contributed by atoms with Crippen molar-refractivity contribution in [3.63, 3.8) is 0 Å². The van der Waals surface area contributed by atoms with Gasteiger partial charge in [-0.15, -0.1) is 0 Å². The van der Waals surface area contributed by atoms with Gasteiger partial charge < -0.3 is 14.4 Å². The van der Waals surface area contributed by atoms with Crippen molar-refractivity contribution in [2.45, 2.75) is 24.9 Å². The highest BCUT2D eigenvalue weighted by Crippen LogP contribution is 2.62. The number of ether oxygens (including phenoxy) is 2. The highest BCUT2D eigenvalue weighted by Gasteiger charge is 2.72. The Morgan fingerprint density at radius 1 is 0.810 bits per heavy atom. The molecule has 4 aromatic carbocycles. The van der Waals surface area contributed by atoms with Gasteiger partial charge in [0.25, 0.3) is 0 Å². The quantitative estimate of drug-likeness (QED) is 0.212. The van der Waals surface area contributed by atoms with Crippen LogP contribution in [0.5, 0.6) is 11.5 Å². The van der Waals surface area contributed by atoms with Gasteiger partial charge in [0.05, 0.1) is 20.3 Å². The first-order chi connectivity index (χ1) is 20.4. The third kappa shape index (κ3) is 3.41. The SMILES string of the molecule is COc1ccc([C@H]2[C@H](C(=O)c3ccccc3)N3c4ccc(C)cc4C=C[C@@H]3C23C(=O)c2ccccc2C3=O)c(OC)c1. The highest BCUT2D eigenvalue weighted by molar-refractivity contribution is 6.32. The Balaban J connectivity index is 1.57. The zero-order valence-corrected chi connectivity index (χ0v) is 23.5. The fourth-order valence-electron chi connectivity index (χ4n) is 7.29. The summed E-state index contributed by atoms with van der Waals surface area (Å²) in [4.78, 5) is 46.4. The van der Waals surface area contributed by atoms with Crippen molar-refractivity contribution in [3.05, 3.63) is 130 Å². The summed E-state index contributed by atoms with van der Waals surface area (Å²) in [5.74, 6) is -0.554. The van der Waals surface area contributed by atoms with Gasteiger partial charge in [-0.1, -0.05) is 84.4 Å².